The fourth-order valence-electron chi connectivity index (χ4n) is 3.29. The molecule has 0 saturated heterocycles. The lowest BCUT2D eigenvalue weighted by atomic mass is 10.1. The number of carbonyl (C=O) groups is 6. The molecule has 0 aliphatic carbocycles. The number of hydrogen-bond donors (Lipinski definition) is 0. The van der Waals surface area contributed by atoms with Crippen LogP contribution in [0.5, 0.6) is 0 Å². The Kier molecular flexibility index (Phi) is 5.80. The summed E-state index contributed by atoms with van der Waals surface area (Å²) in [6.07, 6.45) is 1.58. The molecule has 2 heterocycles. The van der Waals surface area contributed by atoms with Crippen LogP contribution in [0, 0.1) is 0 Å². The molecule has 0 N–H and O–H groups in total. The summed E-state index contributed by atoms with van der Waals surface area (Å²) in [5, 5.41) is 0. The largest absolute Gasteiger partial charge is 0.455 e. The van der Waals surface area contributed by atoms with Gasteiger partial charge in [-0.2, -0.15) is 0 Å². The lowest BCUT2D eigenvalue weighted by molar-refractivity contribution is 0.0388. The van der Waals surface area contributed by atoms with E-state index in [-0.39, 0.29) is 33.4 Å². The molecule has 34 heavy (non-hydrogen) atoms. The van der Waals surface area contributed by atoms with Gasteiger partial charge in [0.2, 0.25) is 0 Å². The first kappa shape index (κ1) is 22.6. The second kappa shape index (κ2) is 8.74. The van der Waals surface area contributed by atoms with Gasteiger partial charge in [0.1, 0.15) is 12.2 Å². The predicted molar refractivity (Wildman–Crippen MR) is 111 cm³/mol. The molecule has 10 nitrogen and oxygen atoms in total. The number of ether oxygens (including phenoxy) is 4. The van der Waals surface area contributed by atoms with Crippen LogP contribution in [0.2, 0.25) is 0 Å². The molecule has 0 amide bonds. The summed E-state index contributed by atoms with van der Waals surface area (Å²) in [5.41, 5.74) is 0.284. The van der Waals surface area contributed by atoms with Gasteiger partial charge in [0.05, 0.1) is 33.4 Å². The summed E-state index contributed by atoms with van der Waals surface area (Å²) in [5.74, 6) is -4.65. The summed E-state index contributed by atoms with van der Waals surface area (Å²) in [7, 11) is 0. The molecule has 0 fully saturated rings. The molecule has 0 radical (unpaired) electrons. The number of hydrogen-bond acceptors (Lipinski definition) is 10. The van der Waals surface area contributed by atoms with Crippen molar-refractivity contribution in [2.45, 2.75) is 26.1 Å². The molecule has 10 heteroatoms. The van der Waals surface area contributed by atoms with E-state index in [1.807, 2.05) is 0 Å². The molecule has 0 spiro atoms. The van der Waals surface area contributed by atoms with Crippen LogP contribution in [0.3, 0.4) is 0 Å². The Bertz CT molecular complexity index is 1200. The lowest BCUT2D eigenvalue weighted by Gasteiger charge is -2.12. The van der Waals surface area contributed by atoms with Gasteiger partial charge in [0.25, 0.3) is 0 Å². The average molecular weight is 464 g/mol. The van der Waals surface area contributed by atoms with Gasteiger partial charge in [-0.1, -0.05) is 0 Å². The summed E-state index contributed by atoms with van der Waals surface area (Å²) >= 11 is 0. The van der Waals surface area contributed by atoms with Crippen molar-refractivity contribution in [2.75, 3.05) is 0 Å². The first-order valence-corrected chi connectivity index (χ1v) is 10.1. The molecular weight excluding hydrogens is 448 g/mol. The van der Waals surface area contributed by atoms with Gasteiger partial charge in [0, 0.05) is 0 Å². The Labute approximate surface area is 192 Å². The molecule has 2 aliphatic heterocycles. The molecular formula is C24H16O10. The van der Waals surface area contributed by atoms with Crippen molar-refractivity contribution in [3.05, 3.63) is 81.9 Å². The highest BCUT2D eigenvalue weighted by Crippen LogP contribution is 2.23. The maximum atomic E-state index is 12.4. The van der Waals surface area contributed by atoms with Gasteiger partial charge in [-0.25, -0.2) is 28.8 Å². The van der Waals surface area contributed by atoms with Gasteiger partial charge >= 0.3 is 35.8 Å². The molecule has 2 aromatic carbocycles. The molecule has 172 valence electrons. The van der Waals surface area contributed by atoms with E-state index in [2.05, 4.69) is 9.47 Å². The first-order chi connectivity index (χ1) is 16.1. The number of fused-ring (bicyclic) bond motifs is 2. The van der Waals surface area contributed by atoms with Crippen LogP contribution >= 0.6 is 0 Å². The number of benzene rings is 2. The topological polar surface area (TPSA) is 139 Å². The minimum absolute atomic E-state index is 0.00707. The Morgan fingerprint density at radius 2 is 1.00 bits per heavy atom. The second-order valence-electron chi connectivity index (χ2n) is 7.48. The van der Waals surface area contributed by atoms with E-state index in [1.54, 1.807) is 13.8 Å². The maximum Gasteiger partial charge on any atom is 0.346 e. The van der Waals surface area contributed by atoms with Crippen LogP contribution < -0.4 is 0 Å². The number of carbonyl (C=O) groups excluding carboxylic acids is 6. The van der Waals surface area contributed by atoms with Crippen LogP contribution in [0.15, 0.2) is 48.6 Å². The predicted octanol–water partition coefficient (Wildman–Crippen LogP) is 2.65. The van der Waals surface area contributed by atoms with Crippen molar-refractivity contribution < 1.29 is 47.7 Å². The van der Waals surface area contributed by atoms with E-state index in [0.29, 0.717) is 0 Å². The van der Waals surface area contributed by atoms with Crippen molar-refractivity contribution in [2.24, 2.45) is 0 Å². The van der Waals surface area contributed by atoms with Crippen LogP contribution in [-0.2, 0) is 18.9 Å². The molecule has 2 aliphatic rings. The van der Waals surface area contributed by atoms with E-state index in [1.165, 1.54) is 48.6 Å². The van der Waals surface area contributed by atoms with Crippen molar-refractivity contribution in [1.82, 2.24) is 0 Å². The first-order valence-electron chi connectivity index (χ1n) is 10.1. The molecule has 0 bridgehead atoms. The van der Waals surface area contributed by atoms with Crippen LogP contribution in [-0.4, -0.2) is 48.0 Å². The quantitative estimate of drug-likeness (QED) is 0.271. The number of esters is 6. The summed E-state index contributed by atoms with van der Waals surface area (Å²) in [6.45, 7) is 3.16. The monoisotopic (exact) mass is 464 g/mol. The Balaban J connectivity index is 1.34. The summed E-state index contributed by atoms with van der Waals surface area (Å²) in [4.78, 5) is 71.0. The van der Waals surface area contributed by atoms with E-state index in [9.17, 15) is 28.8 Å². The molecule has 0 aromatic heterocycles. The van der Waals surface area contributed by atoms with Crippen molar-refractivity contribution in [1.29, 1.82) is 0 Å². The fourth-order valence-corrected chi connectivity index (χ4v) is 3.29. The van der Waals surface area contributed by atoms with Crippen LogP contribution in [0.25, 0.3) is 0 Å². The third-order valence-corrected chi connectivity index (χ3v) is 5.00. The molecule has 4 rings (SSSR count). The highest BCUT2D eigenvalue weighted by molar-refractivity contribution is 6.16. The second-order valence-corrected chi connectivity index (χ2v) is 7.48. The van der Waals surface area contributed by atoms with Gasteiger partial charge in [-0.3, -0.25) is 0 Å². The number of cyclic esters (lactones) is 4. The maximum absolute atomic E-state index is 12.4. The standard InChI is InChI=1S/C24H16O10/c1-11(31-19(25)13-5-7-15-17(9-13)23(29)33-21(15)27)3-4-12(2)32-20(26)14-6-8-16-18(10-14)24(30)34-22(16)28/h3-12H,1-2H3/b4-3+. The Hall–Kier alpha value is -4.60. The molecule has 2 unspecified atom stereocenters. The van der Waals surface area contributed by atoms with E-state index < -0.39 is 48.0 Å². The van der Waals surface area contributed by atoms with Crippen molar-refractivity contribution >= 4 is 35.8 Å². The Morgan fingerprint density at radius 1 is 0.647 bits per heavy atom. The third-order valence-electron chi connectivity index (χ3n) is 5.00. The zero-order chi connectivity index (χ0) is 24.6. The average Bonchev–Trinajstić information content (AvgIpc) is 3.25. The third kappa shape index (κ3) is 4.33. The smallest absolute Gasteiger partial charge is 0.346 e. The SMILES string of the molecule is CC(/C=C/C(C)OC(=O)c1ccc2c(c1)C(=O)OC2=O)OC(=O)c1ccc2c(c1)C(=O)OC2=O. The number of rotatable bonds is 6. The summed E-state index contributed by atoms with van der Waals surface area (Å²) in [6, 6.07) is 7.78. The normalized spacial score (nSPS) is 15.9. The molecule has 0 saturated carbocycles. The van der Waals surface area contributed by atoms with Crippen molar-refractivity contribution in [3.63, 3.8) is 0 Å². The highest BCUT2D eigenvalue weighted by atomic mass is 16.6. The van der Waals surface area contributed by atoms with Crippen LogP contribution in [0.4, 0.5) is 0 Å². The lowest BCUT2D eigenvalue weighted by Crippen LogP contribution is -2.16. The highest BCUT2D eigenvalue weighted by Gasteiger charge is 2.31. The van der Waals surface area contributed by atoms with Gasteiger partial charge in [-0.15, -0.1) is 0 Å². The van der Waals surface area contributed by atoms with E-state index in [0.717, 1.165) is 0 Å². The zero-order valence-corrected chi connectivity index (χ0v) is 17.9. The molecule has 2 aromatic rings. The van der Waals surface area contributed by atoms with E-state index in [4.69, 9.17) is 9.47 Å². The minimum Gasteiger partial charge on any atom is -0.455 e. The van der Waals surface area contributed by atoms with Gasteiger partial charge in [0.15, 0.2) is 0 Å². The Morgan fingerprint density at radius 3 is 1.38 bits per heavy atom. The fraction of sp³-hybridized carbons (Fsp3) is 0.167. The van der Waals surface area contributed by atoms with Gasteiger partial charge in [-0.05, 0) is 62.4 Å². The van der Waals surface area contributed by atoms with E-state index >= 15 is 0 Å². The minimum atomic E-state index is -0.829. The van der Waals surface area contributed by atoms with Crippen molar-refractivity contribution in [3.8, 4) is 0 Å². The van der Waals surface area contributed by atoms with Crippen LogP contribution in [0.1, 0.15) is 76.0 Å². The molecule has 2 atom stereocenters. The zero-order valence-electron chi connectivity index (χ0n) is 17.9. The summed E-state index contributed by atoms with van der Waals surface area (Å²) < 4.78 is 19.5. The van der Waals surface area contributed by atoms with Gasteiger partial charge < -0.3 is 18.9 Å².